The summed E-state index contributed by atoms with van der Waals surface area (Å²) >= 11 is 0. The normalized spacial score (nSPS) is 11.2. The highest BCUT2D eigenvalue weighted by Crippen LogP contribution is 2.31. The summed E-state index contributed by atoms with van der Waals surface area (Å²) < 4.78 is 14.9. The van der Waals surface area contributed by atoms with Crippen LogP contribution in [0, 0.1) is 0 Å². The number of carbonyl (C=O) groups is 1. The average Bonchev–Trinajstić information content (AvgIpc) is 3.40. The number of fused-ring (bicyclic) bond motifs is 2. The average molecular weight is 553 g/mol. The second kappa shape index (κ2) is 12.1. The van der Waals surface area contributed by atoms with E-state index in [0.29, 0.717) is 24.1 Å². The summed E-state index contributed by atoms with van der Waals surface area (Å²) in [6.07, 6.45) is 5.68. The number of pyridine rings is 1. The number of rotatable bonds is 11. The van der Waals surface area contributed by atoms with Gasteiger partial charge < -0.3 is 16.0 Å². The lowest BCUT2D eigenvalue weighted by molar-refractivity contribution is -0.114. The molecular weight excluding hydrogens is 519 g/mol. The van der Waals surface area contributed by atoms with Crippen LogP contribution in [0.25, 0.3) is 27.7 Å². The van der Waals surface area contributed by atoms with Crippen LogP contribution in [0.15, 0.2) is 73.3 Å². The van der Waals surface area contributed by atoms with Crippen LogP contribution in [-0.2, 0) is 11.3 Å². The van der Waals surface area contributed by atoms with Crippen molar-refractivity contribution in [3.05, 3.63) is 84.5 Å². The zero-order valence-corrected chi connectivity index (χ0v) is 23.4. The van der Waals surface area contributed by atoms with E-state index in [9.17, 15) is 9.18 Å². The van der Waals surface area contributed by atoms with E-state index in [2.05, 4.69) is 48.4 Å². The van der Waals surface area contributed by atoms with E-state index in [1.165, 1.54) is 0 Å². The van der Waals surface area contributed by atoms with Crippen LogP contribution in [0.5, 0.6) is 0 Å². The first-order valence-corrected chi connectivity index (χ1v) is 13.7. The molecule has 5 rings (SSSR count). The third kappa shape index (κ3) is 6.01. The largest absolute Gasteiger partial charge is 0.354 e. The Balaban J connectivity index is 1.47. The molecule has 0 saturated heterocycles. The molecule has 2 aromatic carbocycles. The van der Waals surface area contributed by atoms with E-state index >= 15 is 0 Å². The predicted molar refractivity (Wildman–Crippen MR) is 162 cm³/mol. The molecule has 3 N–H and O–H groups in total. The van der Waals surface area contributed by atoms with Crippen LogP contribution >= 0.6 is 0 Å². The van der Waals surface area contributed by atoms with Gasteiger partial charge in [0.25, 0.3) is 5.91 Å². The summed E-state index contributed by atoms with van der Waals surface area (Å²) in [7, 11) is 0. The Morgan fingerprint density at radius 2 is 1.93 bits per heavy atom. The molecule has 0 spiro atoms. The molecule has 210 valence electrons. The highest BCUT2D eigenvalue weighted by molar-refractivity contribution is 6.04. The number of amides is 1. The molecule has 9 nitrogen and oxygen atoms in total. The number of carbonyl (C=O) groups excluding carboxylic acids is 1. The van der Waals surface area contributed by atoms with Crippen LogP contribution < -0.4 is 16.0 Å². The Hall–Kier alpha value is -4.86. The minimum Gasteiger partial charge on any atom is -0.354 e. The van der Waals surface area contributed by atoms with Gasteiger partial charge in [-0.2, -0.15) is 19.6 Å². The van der Waals surface area contributed by atoms with Gasteiger partial charge in [0.05, 0.1) is 11.9 Å². The molecule has 3 aromatic heterocycles. The summed E-state index contributed by atoms with van der Waals surface area (Å²) in [5.41, 5.74) is 5.07. The molecule has 5 aromatic rings. The first-order valence-electron chi connectivity index (χ1n) is 13.7. The molecule has 0 saturated carbocycles. The maximum atomic E-state index is 13.2. The molecule has 0 aliphatic heterocycles. The molecule has 0 bridgehead atoms. The van der Waals surface area contributed by atoms with Crippen molar-refractivity contribution in [3.8, 4) is 11.3 Å². The van der Waals surface area contributed by atoms with E-state index in [1.54, 1.807) is 22.8 Å². The standard InChI is InChI=1S/C31H33FN8O/c1-5-6-14-34-30-38-28-26(19(2)3)18-36-40(28)31(39-30)35-17-22-9-7-8-10-24(22)27-25-12-11-23(37-29(41)20(4)32)16-21(25)13-15-33-27/h7-13,15-16,18-19H,4-6,14,17H2,1-3H3,(H,37,41)(H2,34,35,38,39). The SMILES string of the molecule is C=C(F)C(=O)Nc1ccc2c(-c3ccccc3CNc3nc(NCCCC)nc4c(C(C)C)cnn34)nccc2c1. The fraction of sp³-hybridized carbons (Fsp3) is 0.258. The van der Waals surface area contributed by atoms with Crippen molar-refractivity contribution < 1.29 is 9.18 Å². The monoisotopic (exact) mass is 552 g/mol. The third-order valence-corrected chi connectivity index (χ3v) is 6.81. The van der Waals surface area contributed by atoms with Crippen LogP contribution in [0.1, 0.15) is 50.7 Å². The molecule has 0 aliphatic rings. The number of hydrogen-bond donors (Lipinski definition) is 3. The molecule has 0 radical (unpaired) electrons. The number of nitrogens with zero attached hydrogens (tertiary/aromatic N) is 5. The topological polar surface area (TPSA) is 109 Å². The van der Waals surface area contributed by atoms with Crippen molar-refractivity contribution in [2.24, 2.45) is 0 Å². The molecule has 10 heteroatoms. The number of aromatic nitrogens is 5. The molecule has 0 fully saturated rings. The Bertz CT molecular complexity index is 1730. The number of anilines is 3. The minimum atomic E-state index is -1.04. The van der Waals surface area contributed by atoms with Gasteiger partial charge in [-0.3, -0.25) is 9.78 Å². The van der Waals surface area contributed by atoms with Crippen LogP contribution in [0.3, 0.4) is 0 Å². The molecule has 3 heterocycles. The second-order valence-corrected chi connectivity index (χ2v) is 10.1. The van der Waals surface area contributed by atoms with Gasteiger partial charge in [-0.15, -0.1) is 0 Å². The van der Waals surface area contributed by atoms with E-state index in [0.717, 1.165) is 58.2 Å². The van der Waals surface area contributed by atoms with Crippen LogP contribution in [0.4, 0.5) is 22.0 Å². The molecule has 1 amide bonds. The number of nitrogens with one attached hydrogen (secondary N) is 3. The van der Waals surface area contributed by atoms with Crippen molar-refractivity contribution in [2.75, 3.05) is 22.5 Å². The lowest BCUT2D eigenvalue weighted by atomic mass is 9.99. The number of unbranched alkanes of at least 4 members (excludes halogenated alkanes) is 1. The zero-order chi connectivity index (χ0) is 28.9. The van der Waals surface area contributed by atoms with E-state index in [4.69, 9.17) is 15.0 Å². The first-order chi connectivity index (χ1) is 19.9. The van der Waals surface area contributed by atoms with Gasteiger partial charge >= 0.3 is 0 Å². The minimum absolute atomic E-state index is 0.265. The van der Waals surface area contributed by atoms with Gasteiger partial charge in [-0.1, -0.05) is 64.1 Å². The number of halogens is 1. The quantitative estimate of drug-likeness (QED) is 0.123. The Morgan fingerprint density at radius 1 is 1.10 bits per heavy atom. The summed E-state index contributed by atoms with van der Waals surface area (Å²) in [5.74, 6) is -0.477. The van der Waals surface area contributed by atoms with Crippen molar-refractivity contribution in [2.45, 2.75) is 46.1 Å². The fourth-order valence-corrected chi connectivity index (χ4v) is 4.62. The van der Waals surface area contributed by atoms with Gasteiger partial charge in [0.1, 0.15) is 0 Å². The smallest absolute Gasteiger partial charge is 0.283 e. The van der Waals surface area contributed by atoms with Crippen LogP contribution in [-0.4, -0.2) is 37.0 Å². The molecular formula is C31H33FN8O. The van der Waals surface area contributed by atoms with Gasteiger partial charge in [-0.05, 0) is 41.5 Å². The van der Waals surface area contributed by atoms with Crippen molar-refractivity contribution in [1.82, 2.24) is 24.6 Å². The summed E-state index contributed by atoms with van der Waals surface area (Å²) in [4.78, 5) is 25.9. The second-order valence-electron chi connectivity index (χ2n) is 10.1. The van der Waals surface area contributed by atoms with Gasteiger partial charge in [0.2, 0.25) is 11.9 Å². The maximum absolute atomic E-state index is 13.2. The highest BCUT2D eigenvalue weighted by Gasteiger charge is 2.17. The van der Waals surface area contributed by atoms with E-state index < -0.39 is 11.7 Å². The van der Waals surface area contributed by atoms with Gasteiger partial charge in [0.15, 0.2) is 11.5 Å². The van der Waals surface area contributed by atoms with Gasteiger partial charge in [0, 0.05) is 41.5 Å². The maximum Gasteiger partial charge on any atom is 0.283 e. The molecule has 0 aliphatic carbocycles. The first kappa shape index (κ1) is 27.7. The predicted octanol–water partition coefficient (Wildman–Crippen LogP) is 6.71. The third-order valence-electron chi connectivity index (χ3n) is 6.81. The lowest BCUT2D eigenvalue weighted by Crippen LogP contribution is -2.13. The molecule has 0 atom stereocenters. The van der Waals surface area contributed by atoms with Crippen LogP contribution in [0.2, 0.25) is 0 Å². The summed E-state index contributed by atoms with van der Waals surface area (Å²) in [6, 6.07) is 15.3. The van der Waals surface area contributed by atoms with Crippen molar-refractivity contribution >= 4 is 39.9 Å². The number of hydrogen-bond acceptors (Lipinski definition) is 7. The fourth-order valence-electron chi connectivity index (χ4n) is 4.62. The Morgan fingerprint density at radius 3 is 2.71 bits per heavy atom. The van der Waals surface area contributed by atoms with Gasteiger partial charge in [-0.25, -0.2) is 4.39 Å². The Kier molecular flexibility index (Phi) is 8.19. The Labute approximate surface area is 237 Å². The number of benzene rings is 2. The van der Waals surface area contributed by atoms with E-state index in [1.807, 2.05) is 42.6 Å². The summed E-state index contributed by atoms with van der Waals surface area (Å²) in [6.45, 7) is 10.7. The van der Waals surface area contributed by atoms with Crippen molar-refractivity contribution in [1.29, 1.82) is 0 Å². The molecule has 0 unspecified atom stereocenters. The summed E-state index contributed by atoms with van der Waals surface area (Å²) in [5, 5.41) is 15.7. The van der Waals surface area contributed by atoms with E-state index in [-0.39, 0.29) is 5.92 Å². The zero-order valence-electron chi connectivity index (χ0n) is 23.4. The molecule has 41 heavy (non-hydrogen) atoms. The highest BCUT2D eigenvalue weighted by atomic mass is 19.1. The van der Waals surface area contributed by atoms with Crippen molar-refractivity contribution in [3.63, 3.8) is 0 Å². The lowest BCUT2D eigenvalue weighted by Gasteiger charge is -2.14.